The van der Waals surface area contributed by atoms with E-state index in [2.05, 4.69) is 5.32 Å². The Morgan fingerprint density at radius 2 is 2.16 bits per heavy atom. The van der Waals surface area contributed by atoms with Crippen molar-refractivity contribution < 1.29 is 14.3 Å². The molecule has 0 aliphatic rings. The van der Waals surface area contributed by atoms with E-state index in [0.29, 0.717) is 11.1 Å². The molecule has 0 fully saturated rings. The van der Waals surface area contributed by atoms with Gasteiger partial charge in [0.05, 0.1) is 5.52 Å². The van der Waals surface area contributed by atoms with Crippen LogP contribution in [0.2, 0.25) is 0 Å². The van der Waals surface area contributed by atoms with Crippen molar-refractivity contribution in [2.75, 3.05) is 0 Å². The van der Waals surface area contributed by atoms with Crippen LogP contribution in [0.1, 0.15) is 19.4 Å². The molecule has 0 bridgehead atoms. The van der Waals surface area contributed by atoms with E-state index in [0.717, 1.165) is 5.56 Å². The van der Waals surface area contributed by atoms with Gasteiger partial charge in [-0.05, 0) is 31.5 Å². The van der Waals surface area contributed by atoms with E-state index in [4.69, 9.17) is 4.42 Å². The molecule has 2 aromatic rings. The summed E-state index contributed by atoms with van der Waals surface area (Å²) >= 11 is 0. The fourth-order valence-electron chi connectivity index (χ4n) is 1.69. The first-order chi connectivity index (χ1) is 8.79. The molecule has 1 aromatic carbocycles. The van der Waals surface area contributed by atoms with Gasteiger partial charge in [-0.15, -0.1) is 0 Å². The third-order valence-electron chi connectivity index (χ3n) is 2.87. The standard InChI is InChI=1S/C13H16N2O4/c1-13(2,18)11(16)14-7-8-4-5-9-10(6-8)19-12(17)15(9)3/h4-6,18H,7H2,1-3H3,(H,14,16). The Morgan fingerprint density at radius 1 is 1.47 bits per heavy atom. The van der Waals surface area contributed by atoms with Crippen LogP contribution in [0.25, 0.3) is 11.1 Å². The van der Waals surface area contributed by atoms with E-state index >= 15 is 0 Å². The zero-order valence-electron chi connectivity index (χ0n) is 11.1. The zero-order valence-corrected chi connectivity index (χ0v) is 11.1. The van der Waals surface area contributed by atoms with Crippen molar-refractivity contribution >= 4 is 17.0 Å². The van der Waals surface area contributed by atoms with Crippen LogP contribution in [0, 0.1) is 0 Å². The molecule has 0 saturated heterocycles. The predicted molar refractivity (Wildman–Crippen MR) is 69.6 cm³/mol. The van der Waals surface area contributed by atoms with E-state index in [9.17, 15) is 14.7 Å². The first-order valence-electron chi connectivity index (χ1n) is 5.88. The zero-order chi connectivity index (χ0) is 14.2. The third-order valence-corrected chi connectivity index (χ3v) is 2.87. The Kier molecular flexibility index (Phi) is 3.20. The lowest BCUT2D eigenvalue weighted by Crippen LogP contribution is -2.41. The van der Waals surface area contributed by atoms with Gasteiger partial charge in [-0.1, -0.05) is 6.07 Å². The number of hydrogen-bond acceptors (Lipinski definition) is 4. The number of aliphatic hydroxyl groups is 1. The summed E-state index contributed by atoms with van der Waals surface area (Å²) in [7, 11) is 1.63. The van der Waals surface area contributed by atoms with E-state index in [1.165, 1.54) is 18.4 Å². The Bertz CT molecular complexity index is 676. The second-order valence-corrected chi connectivity index (χ2v) is 4.97. The van der Waals surface area contributed by atoms with Gasteiger partial charge < -0.3 is 14.8 Å². The second kappa shape index (κ2) is 4.55. The summed E-state index contributed by atoms with van der Waals surface area (Å²) in [6.07, 6.45) is 0. The van der Waals surface area contributed by atoms with Crippen molar-refractivity contribution in [3.05, 3.63) is 34.3 Å². The highest BCUT2D eigenvalue weighted by molar-refractivity contribution is 5.84. The normalized spacial score (nSPS) is 11.8. The van der Waals surface area contributed by atoms with E-state index in [1.807, 2.05) is 0 Å². The van der Waals surface area contributed by atoms with Crippen LogP contribution >= 0.6 is 0 Å². The molecule has 0 aliphatic carbocycles. The van der Waals surface area contributed by atoms with E-state index in [-0.39, 0.29) is 6.54 Å². The van der Waals surface area contributed by atoms with Gasteiger partial charge >= 0.3 is 5.76 Å². The molecule has 1 heterocycles. The van der Waals surface area contributed by atoms with E-state index < -0.39 is 17.3 Å². The van der Waals surface area contributed by atoms with Crippen LogP contribution < -0.4 is 11.1 Å². The summed E-state index contributed by atoms with van der Waals surface area (Å²) in [5.41, 5.74) is 0.549. The number of rotatable bonds is 3. The van der Waals surface area contributed by atoms with Crippen molar-refractivity contribution in [1.29, 1.82) is 0 Å². The van der Waals surface area contributed by atoms with Gasteiger partial charge in [-0.2, -0.15) is 0 Å². The van der Waals surface area contributed by atoms with Crippen molar-refractivity contribution in [3.63, 3.8) is 0 Å². The summed E-state index contributed by atoms with van der Waals surface area (Å²) in [4.78, 5) is 22.9. The molecule has 0 saturated carbocycles. The first kappa shape index (κ1) is 13.4. The Labute approximate surface area is 109 Å². The largest absolute Gasteiger partial charge is 0.419 e. The SMILES string of the molecule is Cn1c(=O)oc2cc(CNC(=O)C(C)(C)O)ccc21. The quantitative estimate of drug-likeness (QED) is 0.846. The average Bonchev–Trinajstić information content (AvgIpc) is 2.60. The molecule has 6 nitrogen and oxygen atoms in total. The van der Waals surface area contributed by atoms with Crippen molar-refractivity contribution in [2.24, 2.45) is 7.05 Å². The summed E-state index contributed by atoms with van der Waals surface area (Å²) < 4.78 is 6.47. The summed E-state index contributed by atoms with van der Waals surface area (Å²) in [6, 6.07) is 5.25. The number of nitrogens with one attached hydrogen (secondary N) is 1. The predicted octanol–water partition coefficient (Wildman–Crippen LogP) is 0.519. The smallest absolute Gasteiger partial charge is 0.408 e. The van der Waals surface area contributed by atoms with Gasteiger partial charge in [0.2, 0.25) is 0 Å². The maximum Gasteiger partial charge on any atom is 0.419 e. The monoisotopic (exact) mass is 264 g/mol. The molecule has 2 rings (SSSR count). The second-order valence-electron chi connectivity index (χ2n) is 4.97. The van der Waals surface area contributed by atoms with Gasteiger partial charge in [-0.3, -0.25) is 9.36 Å². The topological polar surface area (TPSA) is 84.5 Å². The maximum absolute atomic E-state index is 11.5. The minimum Gasteiger partial charge on any atom is -0.408 e. The van der Waals surface area contributed by atoms with Crippen molar-refractivity contribution in [1.82, 2.24) is 9.88 Å². The molecule has 0 atom stereocenters. The lowest BCUT2D eigenvalue weighted by atomic mass is 10.1. The lowest BCUT2D eigenvalue weighted by Gasteiger charge is -2.16. The van der Waals surface area contributed by atoms with Crippen LogP contribution in [0.15, 0.2) is 27.4 Å². The van der Waals surface area contributed by atoms with Gasteiger partial charge in [-0.25, -0.2) is 4.79 Å². The van der Waals surface area contributed by atoms with Gasteiger partial charge in [0.25, 0.3) is 5.91 Å². The number of oxazole rings is 1. The summed E-state index contributed by atoms with van der Waals surface area (Å²) in [5.74, 6) is -0.880. The molecule has 2 N–H and O–H groups in total. The van der Waals surface area contributed by atoms with Gasteiger partial charge in [0.15, 0.2) is 5.58 Å². The molecule has 0 radical (unpaired) electrons. The molecular weight excluding hydrogens is 248 g/mol. The number of fused-ring (bicyclic) bond motifs is 1. The van der Waals surface area contributed by atoms with E-state index in [1.54, 1.807) is 25.2 Å². The highest BCUT2D eigenvalue weighted by atomic mass is 16.4. The molecule has 0 unspecified atom stereocenters. The van der Waals surface area contributed by atoms with Crippen LogP contribution in [0.5, 0.6) is 0 Å². The number of nitrogens with zero attached hydrogens (tertiary/aromatic N) is 1. The molecular formula is C13H16N2O4. The maximum atomic E-state index is 11.5. The third kappa shape index (κ3) is 2.68. The first-order valence-corrected chi connectivity index (χ1v) is 5.88. The number of benzene rings is 1. The lowest BCUT2D eigenvalue weighted by molar-refractivity contribution is -0.136. The molecule has 1 aromatic heterocycles. The van der Waals surface area contributed by atoms with Crippen LogP contribution in [-0.2, 0) is 18.4 Å². The average molecular weight is 264 g/mol. The molecule has 1 amide bonds. The van der Waals surface area contributed by atoms with Crippen LogP contribution in [-0.4, -0.2) is 21.2 Å². The molecule has 0 aliphatic heterocycles. The fourth-order valence-corrected chi connectivity index (χ4v) is 1.69. The number of aromatic nitrogens is 1. The van der Waals surface area contributed by atoms with Crippen LogP contribution in [0.3, 0.4) is 0 Å². The van der Waals surface area contributed by atoms with Gasteiger partial charge in [0.1, 0.15) is 5.60 Å². The van der Waals surface area contributed by atoms with Gasteiger partial charge in [0, 0.05) is 13.6 Å². The highest BCUT2D eigenvalue weighted by Gasteiger charge is 2.23. The molecule has 0 spiro atoms. The Hall–Kier alpha value is -2.08. The molecule has 19 heavy (non-hydrogen) atoms. The number of hydrogen-bond donors (Lipinski definition) is 2. The number of carbonyl (C=O) groups is 1. The fraction of sp³-hybridized carbons (Fsp3) is 0.385. The Balaban J connectivity index is 2.19. The number of aryl methyl sites for hydroxylation is 1. The minimum atomic E-state index is -1.41. The number of carbonyl (C=O) groups excluding carboxylic acids is 1. The van der Waals surface area contributed by atoms with Crippen molar-refractivity contribution in [3.8, 4) is 0 Å². The number of amides is 1. The molecule has 102 valence electrons. The minimum absolute atomic E-state index is 0.261. The highest BCUT2D eigenvalue weighted by Crippen LogP contribution is 2.14. The molecule has 6 heteroatoms. The summed E-state index contributed by atoms with van der Waals surface area (Å²) in [5, 5.41) is 12.1. The summed E-state index contributed by atoms with van der Waals surface area (Å²) in [6.45, 7) is 3.10. The Morgan fingerprint density at radius 3 is 2.79 bits per heavy atom. The van der Waals surface area contributed by atoms with Crippen LogP contribution in [0.4, 0.5) is 0 Å². The van der Waals surface area contributed by atoms with Crippen molar-refractivity contribution in [2.45, 2.75) is 26.0 Å².